The Balaban J connectivity index is 1.76. The van der Waals surface area contributed by atoms with E-state index in [1.165, 1.54) is 11.3 Å². The van der Waals surface area contributed by atoms with Crippen molar-refractivity contribution in [3.05, 3.63) is 53.1 Å². The quantitative estimate of drug-likeness (QED) is 0.777. The number of para-hydroxylation sites is 1. The van der Waals surface area contributed by atoms with Crippen LogP contribution in [0.3, 0.4) is 0 Å². The van der Waals surface area contributed by atoms with Gasteiger partial charge in [0.25, 0.3) is 0 Å². The number of fused-ring (bicyclic) bond motifs is 5. The van der Waals surface area contributed by atoms with Crippen molar-refractivity contribution in [2.45, 2.75) is 31.8 Å². The summed E-state index contributed by atoms with van der Waals surface area (Å²) in [5.41, 5.74) is 4.73. The molecule has 0 unspecified atom stereocenters. The van der Waals surface area contributed by atoms with E-state index < -0.39 is 0 Å². The maximum atomic E-state index is 11.9. The van der Waals surface area contributed by atoms with Crippen LogP contribution in [-0.4, -0.2) is 38.8 Å². The number of piperidine rings is 1. The second-order valence-corrected chi connectivity index (χ2v) is 7.76. The Morgan fingerprint density at radius 2 is 2.04 bits per heavy atom. The molecule has 0 aliphatic carbocycles. The van der Waals surface area contributed by atoms with Crippen molar-refractivity contribution >= 4 is 34.6 Å². The molecular formula is C22H26ClN3O2. The van der Waals surface area contributed by atoms with Crippen molar-refractivity contribution in [2.24, 2.45) is 0 Å². The number of nitrogens with one attached hydrogen (secondary N) is 1. The average molecular weight is 400 g/mol. The molecule has 2 aromatic carbocycles. The fourth-order valence-electron chi connectivity index (χ4n) is 4.47. The van der Waals surface area contributed by atoms with E-state index in [0.717, 1.165) is 35.8 Å². The molecular weight excluding hydrogens is 374 g/mol. The van der Waals surface area contributed by atoms with Crippen molar-refractivity contribution < 1.29 is 9.53 Å². The van der Waals surface area contributed by atoms with E-state index >= 15 is 0 Å². The number of nitrogens with zero attached hydrogens (tertiary/aromatic N) is 2. The van der Waals surface area contributed by atoms with Crippen molar-refractivity contribution in [1.82, 2.24) is 5.32 Å². The minimum atomic E-state index is -0.206. The maximum absolute atomic E-state index is 11.9. The van der Waals surface area contributed by atoms with E-state index in [-0.39, 0.29) is 24.6 Å². The summed E-state index contributed by atoms with van der Waals surface area (Å²) in [6, 6.07) is 14.9. The number of benzene rings is 2. The topological polar surface area (TPSA) is 44.8 Å². The molecule has 0 bridgehead atoms. The largest absolute Gasteiger partial charge is 0.465 e. The van der Waals surface area contributed by atoms with Crippen molar-refractivity contribution in [2.75, 3.05) is 36.5 Å². The molecule has 1 saturated heterocycles. The summed E-state index contributed by atoms with van der Waals surface area (Å²) in [4.78, 5) is 16.6. The molecule has 0 amide bonds. The van der Waals surface area contributed by atoms with Gasteiger partial charge in [-0.15, -0.1) is 0 Å². The van der Waals surface area contributed by atoms with Crippen LogP contribution in [0.1, 0.15) is 31.4 Å². The predicted molar refractivity (Wildman–Crippen MR) is 114 cm³/mol. The van der Waals surface area contributed by atoms with Crippen LogP contribution < -0.4 is 15.1 Å². The summed E-state index contributed by atoms with van der Waals surface area (Å²) < 4.78 is 5.11. The fraction of sp³-hybridized carbons (Fsp3) is 0.409. The number of carbonyl (C=O) groups excluding carboxylic acids is 1. The third kappa shape index (κ3) is 3.45. The first-order chi connectivity index (χ1) is 13.6. The van der Waals surface area contributed by atoms with Gasteiger partial charge in [-0.05, 0) is 49.6 Å². The van der Waals surface area contributed by atoms with Gasteiger partial charge in [0.15, 0.2) is 0 Å². The van der Waals surface area contributed by atoms with Crippen LogP contribution in [0.4, 0.5) is 17.1 Å². The van der Waals surface area contributed by atoms with Crippen molar-refractivity contribution in [3.8, 4) is 0 Å². The van der Waals surface area contributed by atoms with Crippen LogP contribution in [0.15, 0.2) is 42.5 Å². The molecule has 6 heteroatoms. The van der Waals surface area contributed by atoms with Gasteiger partial charge in [0.1, 0.15) is 0 Å². The highest BCUT2D eigenvalue weighted by molar-refractivity contribution is 6.31. The van der Waals surface area contributed by atoms with Crippen molar-refractivity contribution in [3.63, 3.8) is 0 Å². The van der Waals surface area contributed by atoms with Gasteiger partial charge in [0.05, 0.1) is 30.6 Å². The maximum Gasteiger partial charge on any atom is 0.319 e. The van der Waals surface area contributed by atoms with E-state index in [4.69, 9.17) is 16.3 Å². The Kier molecular flexibility index (Phi) is 5.47. The Morgan fingerprint density at radius 3 is 2.86 bits per heavy atom. The van der Waals surface area contributed by atoms with E-state index in [1.807, 2.05) is 13.0 Å². The van der Waals surface area contributed by atoms with Crippen LogP contribution >= 0.6 is 11.6 Å². The molecule has 5 nitrogen and oxygen atoms in total. The molecule has 4 rings (SSSR count). The Bertz CT molecular complexity index is 873. The molecule has 2 aliphatic heterocycles. The average Bonchev–Trinajstić information content (AvgIpc) is 2.81. The van der Waals surface area contributed by atoms with Crippen LogP contribution in [0.25, 0.3) is 0 Å². The number of halogens is 1. The Morgan fingerprint density at radius 1 is 1.21 bits per heavy atom. The van der Waals surface area contributed by atoms with Crippen LogP contribution in [0, 0.1) is 0 Å². The van der Waals surface area contributed by atoms with Gasteiger partial charge in [-0.3, -0.25) is 4.79 Å². The molecule has 0 spiro atoms. The molecule has 1 fully saturated rings. The molecule has 148 valence electrons. The normalized spacial score (nSPS) is 20.7. The second kappa shape index (κ2) is 8.02. The highest BCUT2D eigenvalue weighted by Gasteiger charge is 2.38. The lowest BCUT2D eigenvalue weighted by Gasteiger charge is -2.43. The van der Waals surface area contributed by atoms with Gasteiger partial charge in [-0.1, -0.05) is 29.8 Å². The van der Waals surface area contributed by atoms with E-state index in [0.29, 0.717) is 6.61 Å². The van der Waals surface area contributed by atoms with Crippen molar-refractivity contribution in [1.29, 1.82) is 0 Å². The number of esters is 1. The minimum Gasteiger partial charge on any atom is -0.465 e. The standard InChI is InChI=1S/C22H26ClN3O2/c1-3-28-21(27)14-24-17-8-6-12-26-20-13-15(23)10-11-19(20)25(2)18-9-5-4-7-16(18)22(17)26/h4-5,7,9-11,13,17,22,24H,3,6,8,12,14H2,1-2H3/t17-,22+/m1/s1. The second-order valence-electron chi connectivity index (χ2n) is 7.32. The third-order valence-corrected chi connectivity index (χ3v) is 5.91. The number of hydrogen-bond acceptors (Lipinski definition) is 5. The van der Waals surface area contributed by atoms with Gasteiger partial charge in [0.2, 0.25) is 0 Å². The lowest BCUT2D eigenvalue weighted by Crippen LogP contribution is -2.49. The first kappa shape index (κ1) is 19.1. The zero-order chi connectivity index (χ0) is 19.7. The van der Waals surface area contributed by atoms with Crippen LogP contribution in [0.2, 0.25) is 5.02 Å². The summed E-state index contributed by atoms with van der Waals surface area (Å²) in [5, 5.41) is 4.20. The number of rotatable bonds is 4. The third-order valence-electron chi connectivity index (χ3n) is 5.67. The Labute approximate surface area is 171 Å². The molecule has 28 heavy (non-hydrogen) atoms. The number of hydrogen-bond donors (Lipinski definition) is 1. The lowest BCUT2D eigenvalue weighted by atomic mass is 9.89. The lowest BCUT2D eigenvalue weighted by molar-refractivity contribution is -0.142. The molecule has 2 atom stereocenters. The zero-order valence-corrected chi connectivity index (χ0v) is 17.1. The van der Waals surface area contributed by atoms with Crippen LogP contribution in [-0.2, 0) is 9.53 Å². The Hall–Kier alpha value is -2.24. The molecule has 2 aromatic rings. The molecule has 2 heterocycles. The number of carbonyl (C=O) groups is 1. The molecule has 1 N–H and O–H groups in total. The predicted octanol–water partition coefficient (Wildman–Crippen LogP) is 4.28. The van der Waals surface area contributed by atoms with E-state index in [2.05, 4.69) is 58.6 Å². The highest BCUT2D eigenvalue weighted by Crippen LogP contribution is 2.48. The number of anilines is 3. The fourth-order valence-corrected chi connectivity index (χ4v) is 4.64. The molecule has 0 saturated carbocycles. The van der Waals surface area contributed by atoms with Gasteiger partial charge in [0, 0.05) is 30.3 Å². The van der Waals surface area contributed by atoms with E-state index in [9.17, 15) is 4.79 Å². The summed E-state index contributed by atoms with van der Waals surface area (Å²) >= 11 is 6.37. The summed E-state index contributed by atoms with van der Waals surface area (Å²) in [6.45, 7) is 3.42. The summed E-state index contributed by atoms with van der Waals surface area (Å²) in [6.07, 6.45) is 2.06. The molecule has 2 aliphatic rings. The summed E-state index contributed by atoms with van der Waals surface area (Å²) in [5.74, 6) is -0.206. The minimum absolute atomic E-state index is 0.126. The van der Waals surface area contributed by atoms with Gasteiger partial charge in [-0.2, -0.15) is 0 Å². The smallest absolute Gasteiger partial charge is 0.319 e. The van der Waals surface area contributed by atoms with Gasteiger partial charge in [-0.25, -0.2) is 0 Å². The van der Waals surface area contributed by atoms with Gasteiger partial charge < -0.3 is 19.9 Å². The number of ether oxygens (including phenoxy) is 1. The summed E-state index contributed by atoms with van der Waals surface area (Å²) in [7, 11) is 2.10. The van der Waals surface area contributed by atoms with Crippen LogP contribution in [0.5, 0.6) is 0 Å². The van der Waals surface area contributed by atoms with Gasteiger partial charge >= 0.3 is 5.97 Å². The first-order valence-corrected chi connectivity index (χ1v) is 10.3. The monoisotopic (exact) mass is 399 g/mol. The molecule has 0 aromatic heterocycles. The molecule has 0 radical (unpaired) electrons. The SMILES string of the molecule is CCOC(=O)CN[C@@H]1CCCN2c3cc(Cl)ccc3N(C)c3ccccc3[C@@H]12. The van der Waals surface area contributed by atoms with E-state index in [1.54, 1.807) is 0 Å². The highest BCUT2D eigenvalue weighted by atomic mass is 35.5. The zero-order valence-electron chi connectivity index (χ0n) is 16.3. The first-order valence-electron chi connectivity index (χ1n) is 9.88.